The summed E-state index contributed by atoms with van der Waals surface area (Å²) in [6, 6.07) is 10.8. The van der Waals surface area contributed by atoms with E-state index in [1.54, 1.807) is 0 Å². The lowest BCUT2D eigenvalue weighted by Crippen LogP contribution is -2.37. The number of hydrogen-bond acceptors (Lipinski definition) is 7. The van der Waals surface area contributed by atoms with Crippen molar-refractivity contribution in [1.29, 1.82) is 0 Å². The molecule has 5 rings (SSSR count). The Hall–Kier alpha value is -2.32. The maximum atomic E-state index is 8.58. The third-order valence-electron chi connectivity index (χ3n) is 5.86. The third-order valence-corrected chi connectivity index (χ3v) is 7.73. The first-order valence-electron chi connectivity index (χ1n) is 11.6. The summed E-state index contributed by atoms with van der Waals surface area (Å²) in [4.78, 5) is 21.0. The molecule has 7 nitrogen and oxygen atoms in total. The fourth-order valence-corrected chi connectivity index (χ4v) is 5.38. The Morgan fingerprint density at radius 1 is 1.22 bits per heavy atom. The topological polar surface area (TPSA) is 93.4 Å². The molecule has 0 bridgehead atoms. The fourth-order valence-electron chi connectivity index (χ4n) is 3.81. The van der Waals surface area contributed by atoms with Gasteiger partial charge in [0.05, 0.1) is 23.7 Å². The number of carbonyl (C=O) groups excluding carboxylic acids is 1. The fraction of sp³-hybridized carbons (Fsp3) is 0.542. The molecule has 32 heavy (non-hydrogen) atoms. The normalized spacial score (nSPS) is 19.0. The molecule has 3 aliphatic rings. The predicted octanol–water partition coefficient (Wildman–Crippen LogP) is 3.79. The van der Waals surface area contributed by atoms with Crippen molar-refractivity contribution in [3.63, 3.8) is 0 Å². The number of carbonyl (C=O) groups is 1. The van der Waals surface area contributed by atoms with Gasteiger partial charge in [-0.25, -0.2) is 9.97 Å². The molecule has 2 aromatic rings. The van der Waals surface area contributed by atoms with Gasteiger partial charge in [0.25, 0.3) is 0 Å². The SMILES string of the molecule is CCCNc1ccc(-c2nc(N3CCOCC3)cc(C3(SC4CC4)CC3)n2)cc1.NC=O. The number of nitrogens with zero attached hydrogens (tertiary/aromatic N) is 3. The van der Waals surface area contributed by atoms with Gasteiger partial charge in [0.2, 0.25) is 6.41 Å². The Kier molecular flexibility index (Phi) is 7.52. The molecule has 1 amide bonds. The van der Waals surface area contributed by atoms with E-state index >= 15 is 0 Å². The van der Waals surface area contributed by atoms with E-state index in [-0.39, 0.29) is 11.2 Å². The van der Waals surface area contributed by atoms with Gasteiger partial charge in [-0.3, -0.25) is 4.79 Å². The maximum Gasteiger partial charge on any atom is 0.204 e. The third kappa shape index (κ3) is 5.72. The first kappa shape index (κ1) is 22.9. The highest BCUT2D eigenvalue weighted by molar-refractivity contribution is 8.01. The summed E-state index contributed by atoms with van der Waals surface area (Å²) in [5, 5.41) is 4.28. The number of primary amides is 1. The van der Waals surface area contributed by atoms with Crippen molar-refractivity contribution in [3.8, 4) is 11.4 Å². The highest BCUT2D eigenvalue weighted by atomic mass is 32.2. The second-order valence-electron chi connectivity index (χ2n) is 8.49. The van der Waals surface area contributed by atoms with Gasteiger partial charge in [0.15, 0.2) is 5.82 Å². The monoisotopic (exact) mass is 455 g/mol. The molecular formula is C24H33N5O2S. The lowest BCUT2D eigenvalue weighted by molar-refractivity contribution is -0.106. The molecule has 1 saturated heterocycles. The van der Waals surface area contributed by atoms with Crippen LogP contribution in [0.4, 0.5) is 11.5 Å². The minimum absolute atomic E-state index is 0.225. The van der Waals surface area contributed by atoms with E-state index in [9.17, 15) is 0 Å². The van der Waals surface area contributed by atoms with Gasteiger partial charge in [-0.2, -0.15) is 0 Å². The Labute approximate surface area is 194 Å². The van der Waals surface area contributed by atoms with Crippen LogP contribution in [0.2, 0.25) is 0 Å². The second-order valence-corrected chi connectivity index (χ2v) is 10.2. The Bertz CT molecular complexity index is 894. The summed E-state index contributed by atoms with van der Waals surface area (Å²) in [5.74, 6) is 1.91. The second kappa shape index (κ2) is 10.5. The summed E-state index contributed by atoms with van der Waals surface area (Å²) in [6.45, 7) is 6.52. The molecular weight excluding hydrogens is 422 g/mol. The highest BCUT2D eigenvalue weighted by Crippen LogP contribution is 2.61. The Morgan fingerprint density at radius 2 is 1.91 bits per heavy atom. The van der Waals surface area contributed by atoms with E-state index in [2.05, 4.69) is 65.0 Å². The van der Waals surface area contributed by atoms with Crippen molar-refractivity contribution >= 4 is 29.7 Å². The number of nitrogens with two attached hydrogens (primary N) is 1. The molecule has 1 aromatic carbocycles. The summed E-state index contributed by atoms with van der Waals surface area (Å²) in [6.07, 6.45) is 6.59. The number of benzene rings is 1. The highest BCUT2D eigenvalue weighted by Gasteiger charge is 2.50. The molecule has 8 heteroatoms. The smallest absolute Gasteiger partial charge is 0.204 e. The number of aromatic nitrogens is 2. The van der Waals surface area contributed by atoms with Crippen LogP contribution in [0.1, 0.15) is 44.7 Å². The van der Waals surface area contributed by atoms with Crippen molar-refractivity contribution in [2.24, 2.45) is 5.73 Å². The van der Waals surface area contributed by atoms with Gasteiger partial charge in [-0.1, -0.05) is 6.92 Å². The Morgan fingerprint density at radius 3 is 2.50 bits per heavy atom. The standard InChI is InChI=1S/C23H30N4OS.CH3NO/c1-2-11-24-18-5-3-17(4-6-18)22-25-20(23(9-10-23)29-19-7-8-19)16-21(26-22)27-12-14-28-15-13-27;2-1-3/h3-6,16,19,24H,2,7-15H2,1H3;1H,(H2,2,3). The number of rotatable bonds is 8. The van der Waals surface area contributed by atoms with Crippen LogP contribution in [0.25, 0.3) is 11.4 Å². The van der Waals surface area contributed by atoms with Gasteiger partial charge in [-0.05, 0) is 56.4 Å². The summed E-state index contributed by atoms with van der Waals surface area (Å²) in [7, 11) is 0. The molecule has 0 atom stereocenters. The summed E-state index contributed by atoms with van der Waals surface area (Å²) >= 11 is 2.16. The molecule has 1 aliphatic heterocycles. The number of ether oxygens (including phenoxy) is 1. The molecule has 3 fully saturated rings. The number of hydrogen-bond donors (Lipinski definition) is 2. The Balaban J connectivity index is 0.000000775. The largest absolute Gasteiger partial charge is 0.385 e. The molecule has 172 valence electrons. The summed E-state index contributed by atoms with van der Waals surface area (Å²) < 4.78 is 5.78. The van der Waals surface area contributed by atoms with Crippen LogP contribution >= 0.6 is 11.8 Å². The van der Waals surface area contributed by atoms with Crippen LogP contribution in [0.3, 0.4) is 0 Å². The quantitative estimate of drug-likeness (QED) is 0.585. The van der Waals surface area contributed by atoms with Gasteiger partial charge < -0.3 is 20.7 Å². The van der Waals surface area contributed by atoms with Crippen LogP contribution in [0.5, 0.6) is 0 Å². The summed E-state index contributed by atoms with van der Waals surface area (Å²) in [5.41, 5.74) is 7.65. The molecule has 3 N–H and O–H groups in total. The molecule has 2 saturated carbocycles. The zero-order chi connectivity index (χ0) is 22.4. The van der Waals surface area contributed by atoms with E-state index in [0.29, 0.717) is 0 Å². The van der Waals surface area contributed by atoms with Crippen molar-refractivity contribution in [1.82, 2.24) is 9.97 Å². The van der Waals surface area contributed by atoms with Crippen LogP contribution in [-0.2, 0) is 14.3 Å². The predicted molar refractivity (Wildman–Crippen MR) is 131 cm³/mol. The number of amides is 1. The number of anilines is 2. The zero-order valence-corrected chi connectivity index (χ0v) is 19.6. The van der Waals surface area contributed by atoms with Crippen molar-refractivity contribution < 1.29 is 9.53 Å². The zero-order valence-electron chi connectivity index (χ0n) is 18.8. The molecule has 0 radical (unpaired) electrons. The van der Waals surface area contributed by atoms with Crippen LogP contribution in [0.15, 0.2) is 30.3 Å². The number of thioether (sulfide) groups is 1. The van der Waals surface area contributed by atoms with Gasteiger partial charge >= 0.3 is 0 Å². The van der Waals surface area contributed by atoms with Crippen molar-refractivity contribution in [2.75, 3.05) is 43.1 Å². The molecule has 0 spiro atoms. The van der Waals surface area contributed by atoms with Crippen LogP contribution in [0, 0.1) is 0 Å². The number of morpholine rings is 1. The lowest BCUT2D eigenvalue weighted by atomic mass is 10.1. The van der Waals surface area contributed by atoms with Crippen LogP contribution < -0.4 is 16.0 Å². The van der Waals surface area contributed by atoms with Crippen molar-refractivity contribution in [3.05, 3.63) is 36.0 Å². The van der Waals surface area contributed by atoms with E-state index < -0.39 is 0 Å². The van der Waals surface area contributed by atoms with Crippen molar-refractivity contribution in [2.45, 2.75) is 49.0 Å². The molecule has 1 aromatic heterocycles. The first-order chi connectivity index (χ1) is 15.7. The minimum atomic E-state index is 0.225. The van der Waals surface area contributed by atoms with E-state index in [4.69, 9.17) is 19.5 Å². The van der Waals surface area contributed by atoms with Crippen LogP contribution in [-0.4, -0.2) is 54.5 Å². The minimum Gasteiger partial charge on any atom is -0.385 e. The van der Waals surface area contributed by atoms with E-state index in [1.807, 2.05) is 0 Å². The molecule has 0 unspecified atom stereocenters. The molecule has 2 heterocycles. The van der Waals surface area contributed by atoms with Gasteiger partial charge in [0.1, 0.15) is 5.82 Å². The van der Waals surface area contributed by atoms with E-state index in [1.165, 1.54) is 31.4 Å². The maximum absolute atomic E-state index is 8.58. The average Bonchev–Trinajstić information content (AvgIpc) is 3.77. The lowest BCUT2D eigenvalue weighted by Gasteiger charge is -2.29. The van der Waals surface area contributed by atoms with Gasteiger partial charge in [-0.15, -0.1) is 11.8 Å². The average molecular weight is 456 g/mol. The molecule has 2 aliphatic carbocycles. The first-order valence-corrected chi connectivity index (χ1v) is 12.4. The van der Waals surface area contributed by atoms with E-state index in [0.717, 1.165) is 67.4 Å². The van der Waals surface area contributed by atoms with Gasteiger partial charge in [0, 0.05) is 42.2 Å². The number of nitrogens with one attached hydrogen (secondary N) is 1.